The molecule has 1 heterocycles. The Balaban J connectivity index is 1.81. The van der Waals surface area contributed by atoms with Crippen molar-refractivity contribution in [1.82, 2.24) is 9.80 Å². The van der Waals surface area contributed by atoms with Crippen LogP contribution < -0.4 is 4.74 Å². The summed E-state index contributed by atoms with van der Waals surface area (Å²) in [5.74, 6) is 0.108. The minimum atomic E-state index is -0.753. The third kappa shape index (κ3) is 5.63. The molecule has 7 nitrogen and oxygen atoms in total. The summed E-state index contributed by atoms with van der Waals surface area (Å²) >= 11 is 0. The Morgan fingerprint density at radius 1 is 1.03 bits per heavy atom. The van der Waals surface area contributed by atoms with E-state index in [2.05, 4.69) is 25.8 Å². The van der Waals surface area contributed by atoms with Gasteiger partial charge in [-0.25, -0.2) is 0 Å². The van der Waals surface area contributed by atoms with E-state index >= 15 is 0 Å². The van der Waals surface area contributed by atoms with Crippen LogP contribution >= 0.6 is 0 Å². The fourth-order valence-electron chi connectivity index (χ4n) is 6.59. The SMILES string of the molecule is CC(=O)Oc1cccc([C@@]23CCN(C)C[C@@]2(OC(C)=O)CC[C@@H](N(CC(C)C)C(=O)c2ccccc2)C3)c1. The first kappa shape index (κ1) is 27.8. The molecule has 0 radical (unpaired) electrons. The molecule has 0 bridgehead atoms. The van der Waals surface area contributed by atoms with Gasteiger partial charge in [-0.15, -0.1) is 0 Å². The molecule has 4 rings (SSSR count). The topological polar surface area (TPSA) is 76.2 Å². The number of carbonyl (C=O) groups excluding carboxylic acids is 3. The van der Waals surface area contributed by atoms with Crippen LogP contribution in [0.4, 0.5) is 0 Å². The van der Waals surface area contributed by atoms with Crippen LogP contribution in [0.5, 0.6) is 5.75 Å². The number of piperidine rings is 1. The smallest absolute Gasteiger partial charge is 0.308 e. The molecule has 0 aromatic heterocycles. The summed E-state index contributed by atoms with van der Waals surface area (Å²) in [5.41, 5.74) is 0.360. The van der Waals surface area contributed by atoms with Gasteiger partial charge in [-0.2, -0.15) is 0 Å². The highest BCUT2D eigenvalue weighted by Gasteiger charge is 2.61. The van der Waals surface area contributed by atoms with Crippen molar-refractivity contribution in [2.75, 3.05) is 26.7 Å². The predicted molar refractivity (Wildman–Crippen MR) is 146 cm³/mol. The standard InChI is InChI=1S/C31H40N2O5/c1-22(2)20-33(29(36)25-10-7-6-8-11-25)27-14-15-31(38-24(4)35)21-32(5)17-16-30(31,19-27)26-12-9-13-28(18-26)37-23(3)34/h6-13,18,22,27H,14-17,19-21H2,1-5H3/t27-,30+,31+/m1/s1. The lowest BCUT2D eigenvalue weighted by Gasteiger charge is -2.60. The van der Waals surface area contributed by atoms with Gasteiger partial charge in [0.25, 0.3) is 5.91 Å². The molecule has 7 heteroatoms. The van der Waals surface area contributed by atoms with Crippen LogP contribution in [0.15, 0.2) is 54.6 Å². The van der Waals surface area contributed by atoms with Gasteiger partial charge < -0.3 is 19.3 Å². The molecule has 1 amide bonds. The highest BCUT2D eigenvalue weighted by molar-refractivity contribution is 5.94. The molecule has 2 aliphatic rings. The lowest BCUT2D eigenvalue weighted by Crippen LogP contribution is -2.68. The van der Waals surface area contributed by atoms with E-state index in [9.17, 15) is 14.4 Å². The van der Waals surface area contributed by atoms with Crippen molar-refractivity contribution in [1.29, 1.82) is 0 Å². The Hall–Kier alpha value is -3.19. The van der Waals surface area contributed by atoms with E-state index in [1.165, 1.54) is 13.8 Å². The number of nitrogens with zero attached hydrogens (tertiary/aromatic N) is 2. The minimum absolute atomic E-state index is 0.0287. The summed E-state index contributed by atoms with van der Waals surface area (Å²) in [6.45, 7) is 9.19. The van der Waals surface area contributed by atoms with E-state index in [-0.39, 0.29) is 23.9 Å². The summed E-state index contributed by atoms with van der Waals surface area (Å²) < 4.78 is 11.8. The van der Waals surface area contributed by atoms with Crippen LogP contribution in [0.2, 0.25) is 0 Å². The average Bonchev–Trinajstić information content (AvgIpc) is 2.86. The normalized spacial score (nSPS) is 25.4. The van der Waals surface area contributed by atoms with E-state index in [0.29, 0.717) is 43.2 Å². The van der Waals surface area contributed by atoms with E-state index < -0.39 is 11.0 Å². The van der Waals surface area contributed by atoms with Crippen molar-refractivity contribution in [2.24, 2.45) is 5.92 Å². The van der Waals surface area contributed by atoms with Gasteiger partial charge in [-0.3, -0.25) is 14.4 Å². The Morgan fingerprint density at radius 2 is 1.76 bits per heavy atom. The van der Waals surface area contributed by atoms with Crippen molar-refractivity contribution >= 4 is 17.8 Å². The van der Waals surface area contributed by atoms with Crippen LogP contribution in [0.1, 0.15) is 69.3 Å². The van der Waals surface area contributed by atoms with Gasteiger partial charge in [0, 0.05) is 44.0 Å². The molecule has 0 N–H and O–H groups in total. The molecule has 1 saturated carbocycles. The Labute approximate surface area is 226 Å². The minimum Gasteiger partial charge on any atom is -0.457 e. The lowest BCUT2D eigenvalue weighted by atomic mass is 9.55. The van der Waals surface area contributed by atoms with Crippen LogP contribution in [0, 0.1) is 5.92 Å². The summed E-state index contributed by atoms with van der Waals surface area (Å²) in [4.78, 5) is 42.4. The summed E-state index contributed by atoms with van der Waals surface area (Å²) in [6, 6.07) is 17.0. The predicted octanol–water partition coefficient (Wildman–Crippen LogP) is 4.84. The van der Waals surface area contributed by atoms with Gasteiger partial charge in [0.15, 0.2) is 0 Å². The zero-order chi connectivity index (χ0) is 27.5. The maximum atomic E-state index is 13.8. The Morgan fingerprint density at radius 3 is 2.42 bits per heavy atom. The number of ether oxygens (including phenoxy) is 2. The first-order valence-electron chi connectivity index (χ1n) is 13.6. The number of likely N-dealkylation sites (tertiary alicyclic amines) is 1. The number of rotatable bonds is 7. The molecule has 2 aromatic carbocycles. The van der Waals surface area contributed by atoms with Gasteiger partial charge in [-0.1, -0.05) is 44.2 Å². The van der Waals surface area contributed by atoms with Crippen molar-refractivity contribution in [2.45, 2.75) is 70.4 Å². The van der Waals surface area contributed by atoms with Crippen LogP contribution in [-0.2, 0) is 19.7 Å². The van der Waals surface area contributed by atoms with E-state index in [1.54, 1.807) is 6.07 Å². The Bertz CT molecular complexity index is 1170. The summed E-state index contributed by atoms with van der Waals surface area (Å²) in [6.07, 6.45) is 2.78. The molecule has 1 aliphatic carbocycles. The van der Waals surface area contributed by atoms with Crippen LogP contribution in [-0.4, -0.2) is 66.0 Å². The highest BCUT2D eigenvalue weighted by atomic mass is 16.6. The molecule has 0 spiro atoms. The number of hydrogen-bond acceptors (Lipinski definition) is 6. The second-order valence-electron chi connectivity index (χ2n) is 11.4. The van der Waals surface area contributed by atoms with Crippen molar-refractivity contribution in [3.8, 4) is 5.75 Å². The fourth-order valence-corrected chi connectivity index (χ4v) is 6.59. The van der Waals surface area contributed by atoms with Crippen molar-refractivity contribution < 1.29 is 23.9 Å². The maximum Gasteiger partial charge on any atom is 0.308 e. The number of likely N-dealkylation sites (N-methyl/N-ethyl adjacent to an activating group) is 1. The molecule has 0 unspecified atom stereocenters. The largest absolute Gasteiger partial charge is 0.457 e. The number of fused-ring (bicyclic) bond motifs is 1. The Kier molecular flexibility index (Phi) is 8.26. The molecule has 204 valence electrons. The second-order valence-corrected chi connectivity index (χ2v) is 11.4. The zero-order valence-electron chi connectivity index (χ0n) is 23.2. The number of esters is 2. The average molecular weight is 521 g/mol. The monoisotopic (exact) mass is 520 g/mol. The summed E-state index contributed by atoms with van der Waals surface area (Å²) in [7, 11) is 2.06. The molecular formula is C31H40N2O5. The van der Waals surface area contributed by atoms with Crippen LogP contribution in [0.3, 0.4) is 0 Å². The van der Waals surface area contributed by atoms with Gasteiger partial charge in [-0.05, 0) is 75.0 Å². The third-order valence-electron chi connectivity index (χ3n) is 8.05. The zero-order valence-corrected chi connectivity index (χ0v) is 23.2. The quantitative estimate of drug-likeness (QED) is 0.384. The summed E-state index contributed by atoms with van der Waals surface area (Å²) in [5, 5.41) is 0. The number of carbonyl (C=O) groups is 3. The van der Waals surface area contributed by atoms with Gasteiger partial charge in [0.05, 0.1) is 0 Å². The first-order chi connectivity index (χ1) is 18.0. The van der Waals surface area contributed by atoms with Gasteiger partial charge >= 0.3 is 11.9 Å². The molecular weight excluding hydrogens is 480 g/mol. The van der Waals surface area contributed by atoms with E-state index in [4.69, 9.17) is 9.47 Å². The molecule has 2 fully saturated rings. The molecule has 1 saturated heterocycles. The van der Waals surface area contributed by atoms with Crippen molar-refractivity contribution in [3.05, 3.63) is 65.7 Å². The number of hydrogen-bond donors (Lipinski definition) is 0. The molecule has 38 heavy (non-hydrogen) atoms. The van der Waals surface area contributed by atoms with Gasteiger partial charge in [0.2, 0.25) is 0 Å². The first-order valence-corrected chi connectivity index (χ1v) is 13.6. The molecule has 3 atom stereocenters. The fraction of sp³-hybridized carbons (Fsp3) is 0.516. The van der Waals surface area contributed by atoms with Gasteiger partial charge in [0.1, 0.15) is 11.4 Å². The molecule has 2 aromatic rings. The highest BCUT2D eigenvalue weighted by Crippen LogP contribution is 2.54. The number of benzene rings is 2. The second kappa shape index (κ2) is 11.3. The maximum absolute atomic E-state index is 13.8. The van der Waals surface area contributed by atoms with E-state index in [1.807, 2.05) is 53.4 Å². The molecule has 1 aliphatic heterocycles. The van der Waals surface area contributed by atoms with E-state index in [0.717, 1.165) is 24.9 Å². The van der Waals surface area contributed by atoms with Crippen molar-refractivity contribution in [3.63, 3.8) is 0 Å². The lowest BCUT2D eigenvalue weighted by molar-refractivity contribution is -0.187. The third-order valence-corrected chi connectivity index (χ3v) is 8.05. The number of amides is 1. The van der Waals surface area contributed by atoms with Crippen LogP contribution in [0.25, 0.3) is 0 Å².